The van der Waals surface area contributed by atoms with E-state index >= 15 is 0 Å². The fraction of sp³-hybridized carbons (Fsp3) is 0.450. The Morgan fingerprint density at radius 2 is 2.07 bits per heavy atom. The summed E-state index contributed by atoms with van der Waals surface area (Å²) < 4.78 is 5.42. The number of carbonyl (C=O) groups excluding carboxylic acids is 1. The van der Waals surface area contributed by atoms with Crippen LogP contribution in [0.2, 0.25) is 0 Å². The quantitative estimate of drug-likeness (QED) is 0.641. The third-order valence-electron chi connectivity index (χ3n) is 4.50. The van der Waals surface area contributed by atoms with Gasteiger partial charge in [-0.3, -0.25) is 4.79 Å². The van der Waals surface area contributed by atoms with E-state index in [0.29, 0.717) is 24.1 Å². The van der Waals surface area contributed by atoms with Crippen LogP contribution in [0.3, 0.4) is 0 Å². The average Bonchev–Trinajstić information content (AvgIpc) is 2.68. The number of anilines is 4. The van der Waals surface area contributed by atoms with E-state index in [9.17, 15) is 4.79 Å². The van der Waals surface area contributed by atoms with Crippen molar-refractivity contribution in [3.63, 3.8) is 0 Å². The number of carbonyl (C=O) groups is 1. The first-order valence-corrected chi connectivity index (χ1v) is 9.60. The van der Waals surface area contributed by atoms with Crippen molar-refractivity contribution >= 4 is 29.0 Å². The molecule has 4 N–H and O–H groups in total. The number of hydrogen-bond acceptors (Lipinski definition) is 7. The molecule has 1 aliphatic heterocycles. The Kier molecular flexibility index (Phi) is 6.65. The topological polar surface area (TPSA) is 105 Å². The van der Waals surface area contributed by atoms with Gasteiger partial charge in [0.1, 0.15) is 11.9 Å². The second-order valence-electron chi connectivity index (χ2n) is 7.27. The molecule has 150 valence electrons. The largest absolute Gasteiger partial charge is 0.378 e. The second-order valence-corrected chi connectivity index (χ2v) is 7.27. The van der Waals surface area contributed by atoms with Crippen molar-refractivity contribution < 1.29 is 9.53 Å². The SMILES string of the molecule is CC(C)C[C@@H](Nc1nccc(Nc2cccc(N3CCOCC3)c2)n1)C(N)=O. The first kappa shape index (κ1) is 19.9. The number of nitrogens with zero attached hydrogens (tertiary/aromatic N) is 3. The summed E-state index contributed by atoms with van der Waals surface area (Å²) in [6.45, 7) is 7.34. The number of hydrogen-bond donors (Lipinski definition) is 3. The maximum Gasteiger partial charge on any atom is 0.240 e. The van der Waals surface area contributed by atoms with Crippen molar-refractivity contribution in [2.45, 2.75) is 26.3 Å². The third kappa shape index (κ3) is 5.56. The zero-order chi connectivity index (χ0) is 19.9. The van der Waals surface area contributed by atoms with Gasteiger partial charge >= 0.3 is 0 Å². The highest BCUT2D eigenvalue weighted by Crippen LogP contribution is 2.23. The molecule has 0 unspecified atom stereocenters. The van der Waals surface area contributed by atoms with Gasteiger partial charge in [0.15, 0.2) is 0 Å². The van der Waals surface area contributed by atoms with E-state index in [2.05, 4.69) is 37.6 Å². The van der Waals surface area contributed by atoms with Crippen molar-refractivity contribution in [1.29, 1.82) is 0 Å². The van der Waals surface area contributed by atoms with Crippen molar-refractivity contribution in [2.75, 3.05) is 41.8 Å². The smallest absolute Gasteiger partial charge is 0.240 e. The molecule has 1 aromatic heterocycles. The number of benzene rings is 1. The summed E-state index contributed by atoms with van der Waals surface area (Å²) in [4.78, 5) is 22.6. The number of amides is 1. The van der Waals surface area contributed by atoms with Gasteiger partial charge in [-0.2, -0.15) is 4.98 Å². The zero-order valence-corrected chi connectivity index (χ0v) is 16.4. The first-order valence-electron chi connectivity index (χ1n) is 9.60. The molecule has 0 bridgehead atoms. The highest BCUT2D eigenvalue weighted by atomic mass is 16.5. The monoisotopic (exact) mass is 384 g/mol. The van der Waals surface area contributed by atoms with Crippen LogP contribution in [0.25, 0.3) is 0 Å². The molecule has 1 atom stereocenters. The number of aromatic nitrogens is 2. The number of primary amides is 1. The van der Waals surface area contributed by atoms with Gasteiger partial charge < -0.3 is 26.0 Å². The van der Waals surface area contributed by atoms with E-state index < -0.39 is 11.9 Å². The van der Waals surface area contributed by atoms with E-state index in [4.69, 9.17) is 10.5 Å². The molecule has 0 saturated carbocycles. The first-order chi connectivity index (χ1) is 13.5. The van der Waals surface area contributed by atoms with Crippen LogP contribution in [0.15, 0.2) is 36.5 Å². The summed E-state index contributed by atoms with van der Waals surface area (Å²) in [7, 11) is 0. The standard InChI is InChI=1S/C20H28N6O2/c1-14(2)12-17(19(21)27)24-20-22-7-6-18(25-20)23-15-4-3-5-16(13-15)26-8-10-28-11-9-26/h3-7,13-14,17H,8-12H2,1-2H3,(H2,21,27)(H2,22,23,24,25)/t17-/m1/s1. The van der Waals surface area contributed by atoms with Gasteiger partial charge in [-0.05, 0) is 36.6 Å². The molecule has 3 rings (SSSR count). The van der Waals surface area contributed by atoms with E-state index in [1.807, 2.05) is 26.0 Å². The van der Waals surface area contributed by atoms with Gasteiger partial charge in [-0.1, -0.05) is 19.9 Å². The summed E-state index contributed by atoms with van der Waals surface area (Å²) in [6, 6.07) is 9.47. The third-order valence-corrected chi connectivity index (χ3v) is 4.50. The zero-order valence-electron chi connectivity index (χ0n) is 16.4. The average molecular weight is 384 g/mol. The number of ether oxygens (including phenoxy) is 1. The van der Waals surface area contributed by atoms with Crippen LogP contribution in [0.4, 0.5) is 23.1 Å². The van der Waals surface area contributed by atoms with E-state index in [1.165, 1.54) is 0 Å². The van der Waals surface area contributed by atoms with Gasteiger partial charge in [0.2, 0.25) is 11.9 Å². The van der Waals surface area contributed by atoms with Crippen LogP contribution >= 0.6 is 0 Å². The highest BCUT2D eigenvalue weighted by Gasteiger charge is 2.18. The summed E-state index contributed by atoms with van der Waals surface area (Å²) in [5.74, 6) is 0.936. The molecule has 1 fully saturated rings. The molecule has 2 aromatic rings. The van der Waals surface area contributed by atoms with Crippen molar-refractivity contribution in [3.05, 3.63) is 36.5 Å². The van der Waals surface area contributed by atoms with Crippen LogP contribution in [0, 0.1) is 5.92 Å². The molecule has 1 aromatic carbocycles. The Bertz CT molecular complexity index is 792. The fourth-order valence-electron chi connectivity index (χ4n) is 3.12. The molecule has 1 saturated heterocycles. The predicted octanol–water partition coefficient (Wildman–Crippen LogP) is 2.37. The molecule has 0 radical (unpaired) electrons. The van der Waals surface area contributed by atoms with Crippen LogP contribution in [-0.2, 0) is 9.53 Å². The van der Waals surface area contributed by atoms with Crippen molar-refractivity contribution in [2.24, 2.45) is 11.7 Å². The molecule has 0 aliphatic carbocycles. The number of nitrogens with two attached hydrogens (primary N) is 1. The molecular formula is C20H28N6O2. The van der Waals surface area contributed by atoms with Crippen LogP contribution < -0.4 is 21.3 Å². The van der Waals surface area contributed by atoms with Crippen molar-refractivity contribution in [1.82, 2.24) is 9.97 Å². The molecule has 28 heavy (non-hydrogen) atoms. The Morgan fingerprint density at radius 3 is 2.79 bits per heavy atom. The maximum atomic E-state index is 11.7. The van der Waals surface area contributed by atoms with Crippen molar-refractivity contribution in [3.8, 4) is 0 Å². The molecule has 8 nitrogen and oxygen atoms in total. The van der Waals surface area contributed by atoms with E-state index in [-0.39, 0.29) is 0 Å². The predicted molar refractivity (Wildman–Crippen MR) is 111 cm³/mol. The minimum Gasteiger partial charge on any atom is -0.378 e. The molecule has 1 aliphatic rings. The maximum absolute atomic E-state index is 11.7. The molecular weight excluding hydrogens is 356 g/mol. The molecule has 0 spiro atoms. The Hall–Kier alpha value is -2.87. The van der Waals surface area contributed by atoms with E-state index in [0.717, 1.165) is 37.7 Å². The minimum atomic E-state index is -0.500. The number of morpholine rings is 1. The Morgan fingerprint density at radius 1 is 1.29 bits per heavy atom. The van der Waals surface area contributed by atoms with Crippen LogP contribution in [0.5, 0.6) is 0 Å². The fourth-order valence-corrected chi connectivity index (χ4v) is 3.12. The summed E-state index contributed by atoms with van der Waals surface area (Å²) in [5.41, 5.74) is 7.57. The molecule has 2 heterocycles. The minimum absolute atomic E-state index is 0.328. The van der Waals surface area contributed by atoms with E-state index in [1.54, 1.807) is 12.3 Å². The lowest BCUT2D eigenvalue weighted by atomic mass is 10.0. The molecule has 1 amide bonds. The number of rotatable bonds is 8. The summed E-state index contributed by atoms with van der Waals surface area (Å²) in [6.07, 6.45) is 2.27. The summed E-state index contributed by atoms with van der Waals surface area (Å²) >= 11 is 0. The lowest BCUT2D eigenvalue weighted by Gasteiger charge is -2.29. The lowest BCUT2D eigenvalue weighted by molar-refractivity contribution is -0.119. The number of nitrogens with one attached hydrogen (secondary N) is 2. The lowest BCUT2D eigenvalue weighted by Crippen LogP contribution is -2.37. The Balaban J connectivity index is 1.69. The second kappa shape index (κ2) is 9.36. The Labute approximate surface area is 165 Å². The van der Waals surface area contributed by atoms with Crippen LogP contribution in [0.1, 0.15) is 20.3 Å². The van der Waals surface area contributed by atoms with Gasteiger partial charge in [0, 0.05) is 30.7 Å². The highest BCUT2D eigenvalue weighted by molar-refractivity contribution is 5.82. The van der Waals surface area contributed by atoms with Gasteiger partial charge in [-0.15, -0.1) is 0 Å². The molecule has 8 heteroatoms. The van der Waals surface area contributed by atoms with Gasteiger partial charge in [0.05, 0.1) is 13.2 Å². The van der Waals surface area contributed by atoms with Gasteiger partial charge in [-0.25, -0.2) is 4.98 Å². The summed E-state index contributed by atoms with van der Waals surface area (Å²) in [5, 5.41) is 6.34. The normalized spacial score (nSPS) is 15.3. The van der Waals surface area contributed by atoms with Crippen LogP contribution in [-0.4, -0.2) is 48.2 Å². The van der Waals surface area contributed by atoms with Gasteiger partial charge in [0.25, 0.3) is 0 Å².